The number of nitrogens with one attached hydrogen (secondary N) is 1. The summed E-state index contributed by atoms with van der Waals surface area (Å²) in [6, 6.07) is 3.70. The van der Waals surface area contributed by atoms with Crippen LogP contribution in [0.3, 0.4) is 0 Å². The number of nitrogens with zero attached hydrogens (tertiary/aromatic N) is 1. The van der Waals surface area contributed by atoms with Gasteiger partial charge in [0.25, 0.3) is 0 Å². The van der Waals surface area contributed by atoms with E-state index < -0.39 is 0 Å². The summed E-state index contributed by atoms with van der Waals surface area (Å²) in [6.45, 7) is 3.01. The number of nitrogens with two attached hydrogens (primary N) is 1. The molecule has 0 aliphatic heterocycles. The smallest absolute Gasteiger partial charge is 0.220 e. The van der Waals surface area contributed by atoms with Crippen LogP contribution in [0.15, 0.2) is 18.3 Å². The minimum atomic E-state index is 0.0122. The highest BCUT2D eigenvalue weighted by atomic mass is 16.5. The highest BCUT2D eigenvalue weighted by Crippen LogP contribution is 2.13. The largest absolute Gasteiger partial charge is 0.481 e. The third-order valence-electron chi connectivity index (χ3n) is 2.90. The second-order valence-electron chi connectivity index (χ2n) is 4.16. The van der Waals surface area contributed by atoms with Gasteiger partial charge in [-0.25, -0.2) is 4.98 Å². The van der Waals surface area contributed by atoms with Crippen LogP contribution in [0.2, 0.25) is 0 Å². The van der Waals surface area contributed by atoms with Crippen molar-refractivity contribution in [2.75, 3.05) is 13.7 Å². The number of rotatable bonds is 7. The number of methoxy groups -OCH3 is 1. The maximum atomic E-state index is 11.7. The molecule has 0 aliphatic rings. The molecule has 18 heavy (non-hydrogen) atoms. The molecule has 1 aromatic rings. The minimum Gasteiger partial charge on any atom is -0.481 e. The van der Waals surface area contributed by atoms with Gasteiger partial charge in [-0.1, -0.05) is 19.4 Å². The zero-order valence-corrected chi connectivity index (χ0v) is 11.0. The van der Waals surface area contributed by atoms with E-state index in [9.17, 15) is 4.79 Å². The van der Waals surface area contributed by atoms with Crippen LogP contribution in [-0.2, 0) is 11.3 Å². The van der Waals surface area contributed by atoms with Gasteiger partial charge in [0.1, 0.15) is 0 Å². The predicted octanol–water partition coefficient (Wildman–Crippen LogP) is 1.08. The normalized spacial score (nSPS) is 11.9. The quantitative estimate of drug-likeness (QED) is 0.760. The summed E-state index contributed by atoms with van der Waals surface area (Å²) >= 11 is 0. The number of aromatic nitrogens is 1. The summed E-state index contributed by atoms with van der Waals surface area (Å²) < 4.78 is 5.12. The zero-order valence-electron chi connectivity index (χ0n) is 11.0. The van der Waals surface area contributed by atoms with Crippen LogP contribution in [0.5, 0.6) is 5.88 Å². The van der Waals surface area contributed by atoms with Gasteiger partial charge in [-0.2, -0.15) is 0 Å². The Bertz CT molecular complexity index is 378. The first kappa shape index (κ1) is 14.4. The third kappa shape index (κ3) is 4.33. The van der Waals surface area contributed by atoms with Crippen LogP contribution < -0.4 is 15.8 Å². The average molecular weight is 251 g/mol. The van der Waals surface area contributed by atoms with Gasteiger partial charge in [-0.15, -0.1) is 0 Å². The molecule has 0 fully saturated rings. The average Bonchev–Trinajstić information content (AvgIpc) is 2.42. The van der Waals surface area contributed by atoms with Crippen molar-refractivity contribution in [3.63, 3.8) is 0 Å². The van der Waals surface area contributed by atoms with Crippen molar-refractivity contribution >= 4 is 5.91 Å². The molecule has 1 heterocycles. The van der Waals surface area contributed by atoms with Crippen LogP contribution in [-0.4, -0.2) is 24.5 Å². The summed E-state index contributed by atoms with van der Waals surface area (Å²) in [5, 5.41) is 2.86. The summed E-state index contributed by atoms with van der Waals surface area (Å²) in [7, 11) is 1.56. The Morgan fingerprint density at radius 1 is 1.61 bits per heavy atom. The van der Waals surface area contributed by atoms with E-state index in [1.807, 2.05) is 19.1 Å². The van der Waals surface area contributed by atoms with Crippen LogP contribution >= 0.6 is 0 Å². The fourth-order valence-corrected chi connectivity index (χ4v) is 1.66. The van der Waals surface area contributed by atoms with E-state index in [1.54, 1.807) is 13.3 Å². The summed E-state index contributed by atoms with van der Waals surface area (Å²) in [5.74, 6) is 0.808. The Morgan fingerprint density at radius 2 is 2.39 bits per heavy atom. The Balaban J connectivity index is 2.47. The van der Waals surface area contributed by atoms with E-state index in [1.165, 1.54) is 0 Å². The first-order valence-corrected chi connectivity index (χ1v) is 6.15. The van der Waals surface area contributed by atoms with Gasteiger partial charge in [0.05, 0.1) is 7.11 Å². The van der Waals surface area contributed by atoms with E-state index in [0.29, 0.717) is 25.4 Å². The van der Waals surface area contributed by atoms with E-state index in [0.717, 1.165) is 12.0 Å². The monoisotopic (exact) mass is 251 g/mol. The molecule has 0 aliphatic carbocycles. The van der Waals surface area contributed by atoms with Crippen molar-refractivity contribution in [1.82, 2.24) is 10.3 Å². The van der Waals surface area contributed by atoms with Gasteiger partial charge in [0.15, 0.2) is 0 Å². The fourth-order valence-electron chi connectivity index (χ4n) is 1.66. The van der Waals surface area contributed by atoms with Gasteiger partial charge in [0, 0.05) is 24.7 Å². The summed E-state index contributed by atoms with van der Waals surface area (Å²) in [4.78, 5) is 15.8. The molecule has 5 heteroatoms. The van der Waals surface area contributed by atoms with Gasteiger partial charge < -0.3 is 15.8 Å². The molecule has 0 bridgehead atoms. The standard InChI is InChI=1S/C13H21N3O2/c1-3-10(8-14)7-12(17)16-9-11-5-4-6-15-13(11)18-2/h4-6,10H,3,7-9,14H2,1-2H3,(H,16,17). The number of carbonyl (C=O) groups is 1. The van der Waals surface area contributed by atoms with Crippen molar-refractivity contribution < 1.29 is 9.53 Å². The maximum absolute atomic E-state index is 11.7. The van der Waals surface area contributed by atoms with Gasteiger partial charge in [-0.05, 0) is 18.5 Å². The van der Waals surface area contributed by atoms with Gasteiger partial charge in [0.2, 0.25) is 11.8 Å². The molecule has 0 saturated heterocycles. The lowest BCUT2D eigenvalue weighted by Gasteiger charge is -2.12. The lowest BCUT2D eigenvalue weighted by molar-refractivity contribution is -0.122. The molecule has 1 aromatic heterocycles. The topological polar surface area (TPSA) is 77.2 Å². The second kappa shape index (κ2) is 7.66. The molecule has 0 aromatic carbocycles. The van der Waals surface area contributed by atoms with Gasteiger partial charge >= 0.3 is 0 Å². The number of amides is 1. The molecular weight excluding hydrogens is 230 g/mol. The number of ether oxygens (including phenoxy) is 1. The molecular formula is C13H21N3O2. The zero-order chi connectivity index (χ0) is 13.4. The highest BCUT2D eigenvalue weighted by molar-refractivity contribution is 5.76. The van der Waals surface area contributed by atoms with Crippen LogP contribution in [0, 0.1) is 5.92 Å². The molecule has 1 rings (SSSR count). The van der Waals surface area contributed by atoms with Crippen molar-refractivity contribution in [3.8, 4) is 5.88 Å². The molecule has 1 amide bonds. The first-order valence-electron chi connectivity index (χ1n) is 6.15. The van der Waals surface area contributed by atoms with Crippen molar-refractivity contribution in [2.24, 2.45) is 11.7 Å². The molecule has 3 N–H and O–H groups in total. The summed E-state index contributed by atoms with van der Waals surface area (Å²) in [5.41, 5.74) is 6.44. The van der Waals surface area contributed by atoms with E-state index in [4.69, 9.17) is 10.5 Å². The Hall–Kier alpha value is -1.62. The predicted molar refractivity (Wildman–Crippen MR) is 70.1 cm³/mol. The first-order chi connectivity index (χ1) is 8.71. The molecule has 1 atom stereocenters. The molecule has 0 spiro atoms. The van der Waals surface area contributed by atoms with Crippen molar-refractivity contribution in [2.45, 2.75) is 26.3 Å². The SMILES string of the molecule is CCC(CN)CC(=O)NCc1cccnc1OC. The number of hydrogen-bond donors (Lipinski definition) is 2. The molecule has 0 saturated carbocycles. The highest BCUT2D eigenvalue weighted by Gasteiger charge is 2.11. The number of carbonyl (C=O) groups excluding carboxylic acids is 1. The van der Waals surface area contributed by atoms with Crippen LogP contribution in [0.25, 0.3) is 0 Å². The van der Waals surface area contributed by atoms with Crippen molar-refractivity contribution in [3.05, 3.63) is 23.9 Å². The lowest BCUT2D eigenvalue weighted by atomic mass is 10.0. The number of hydrogen-bond acceptors (Lipinski definition) is 4. The van der Waals surface area contributed by atoms with E-state index >= 15 is 0 Å². The second-order valence-corrected chi connectivity index (χ2v) is 4.16. The maximum Gasteiger partial charge on any atom is 0.220 e. The Morgan fingerprint density at radius 3 is 3.00 bits per heavy atom. The molecule has 0 radical (unpaired) electrons. The number of pyridine rings is 1. The summed E-state index contributed by atoms with van der Waals surface area (Å²) in [6.07, 6.45) is 3.04. The molecule has 1 unspecified atom stereocenters. The van der Waals surface area contributed by atoms with Crippen LogP contribution in [0.1, 0.15) is 25.3 Å². The Labute approximate surface area is 108 Å². The third-order valence-corrected chi connectivity index (χ3v) is 2.90. The van der Waals surface area contributed by atoms with E-state index in [2.05, 4.69) is 10.3 Å². The lowest BCUT2D eigenvalue weighted by Crippen LogP contribution is -2.27. The molecule has 5 nitrogen and oxygen atoms in total. The fraction of sp³-hybridized carbons (Fsp3) is 0.538. The van der Waals surface area contributed by atoms with E-state index in [-0.39, 0.29) is 11.8 Å². The Kier molecular flexibility index (Phi) is 6.14. The van der Waals surface area contributed by atoms with Crippen molar-refractivity contribution in [1.29, 1.82) is 0 Å². The molecule has 100 valence electrons. The minimum absolute atomic E-state index is 0.0122. The van der Waals surface area contributed by atoms with Crippen LogP contribution in [0.4, 0.5) is 0 Å². The van der Waals surface area contributed by atoms with Gasteiger partial charge in [-0.3, -0.25) is 4.79 Å².